The van der Waals surface area contributed by atoms with E-state index in [0.717, 1.165) is 22.4 Å². The predicted octanol–water partition coefficient (Wildman–Crippen LogP) is 6.11. The molecule has 0 spiro atoms. The smallest absolute Gasteiger partial charge is 0.295 e. The Balaban J connectivity index is 1.75. The molecule has 0 unspecified atom stereocenters. The van der Waals surface area contributed by atoms with Crippen LogP contribution in [0.25, 0.3) is 17.1 Å². The number of aromatic nitrogens is 3. The SMILES string of the molecule is Cc1ccc(-c2nc(C(=O)Nc3ccc(Cl)c(Cl)c3)nn2-c2cccc(C)c2)cc1. The van der Waals surface area contributed by atoms with Gasteiger partial charge in [-0.15, -0.1) is 5.10 Å². The first-order valence-corrected chi connectivity index (χ1v) is 10.0. The fourth-order valence-corrected chi connectivity index (χ4v) is 3.30. The maximum atomic E-state index is 12.8. The Morgan fingerprint density at radius 2 is 1.67 bits per heavy atom. The monoisotopic (exact) mass is 436 g/mol. The van der Waals surface area contributed by atoms with Crippen LogP contribution in [0.4, 0.5) is 5.69 Å². The molecule has 1 N–H and O–H groups in total. The predicted molar refractivity (Wildman–Crippen MR) is 121 cm³/mol. The van der Waals surface area contributed by atoms with Crippen LogP contribution in [0.15, 0.2) is 66.7 Å². The molecule has 3 aromatic carbocycles. The topological polar surface area (TPSA) is 59.8 Å². The van der Waals surface area contributed by atoms with Gasteiger partial charge in [0.25, 0.3) is 5.91 Å². The molecule has 1 amide bonds. The summed E-state index contributed by atoms with van der Waals surface area (Å²) in [7, 11) is 0. The van der Waals surface area contributed by atoms with Crippen molar-refractivity contribution in [2.24, 2.45) is 0 Å². The quantitative estimate of drug-likeness (QED) is 0.419. The molecule has 0 aliphatic carbocycles. The zero-order chi connectivity index (χ0) is 21.3. The van der Waals surface area contributed by atoms with Gasteiger partial charge in [0.1, 0.15) is 0 Å². The summed E-state index contributed by atoms with van der Waals surface area (Å²) in [4.78, 5) is 17.4. The second kappa shape index (κ2) is 8.30. The highest BCUT2D eigenvalue weighted by Gasteiger charge is 2.19. The molecular formula is C23H18Cl2N4O. The van der Waals surface area contributed by atoms with Crippen LogP contribution < -0.4 is 5.32 Å². The highest BCUT2D eigenvalue weighted by Crippen LogP contribution is 2.26. The second-order valence-electron chi connectivity index (χ2n) is 6.96. The molecular weight excluding hydrogens is 419 g/mol. The summed E-state index contributed by atoms with van der Waals surface area (Å²) in [5.41, 5.74) is 4.42. The molecule has 0 bridgehead atoms. The number of hydrogen-bond donors (Lipinski definition) is 1. The van der Waals surface area contributed by atoms with Crippen LogP contribution in [0.1, 0.15) is 21.7 Å². The van der Waals surface area contributed by atoms with Crippen molar-refractivity contribution in [1.82, 2.24) is 14.8 Å². The third-order valence-corrected chi connectivity index (χ3v) is 5.28. The summed E-state index contributed by atoms with van der Waals surface area (Å²) in [6.45, 7) is 4.02. The summed E-state index contributed by atoms with van der Waals surface area (Å²) in [5.74, 6) is 0.200. The van der Waals surface area contributed by atoms with Gasteiger partial charge in [0, 0.05) is 11.3 Å². The zero-order valence-electron chi connectivity index (χ0n) is 16.4. The molecule has 0 atom stereocenters. The van der Waals surface area contributed by atoms with Crippen LogP contribution in [0, 0.1) is 13.8 Å². The van der Waals surface area contributed by atoms with Crippen molar-refractivity contribution in [1.29, 1.82) is 0 Å². The Morgan fingerprint density at radius 1 is 0.900 bits per heavy atom. The lowest BCUT2D eigenvalue weighted by atomic mass is 10.1. The zero-order valence-corrected chi connectivity index (χ0v) is 17.9. The number of nitrogens with zero attached hydrogens (tertiary/aromatic N) is 3. The van der Waals surface area contributed by atoms with Crippen LogP contribution >= 0.6 is 23.2 Å². The standard InChI is InChI=1S/C23H18Cl2N4O/c1-14-6-8-16(9-7-14)22-27-21(28-29(22)18-5-3-4-15(2)12-18)23(30)26-17-10-11-19(24)20(25)13-17/h3-13H,1-2H3,(H,26,30). The average molecular weight is 437 g/mol. The summed E-state index contributed by atoms with van der Waals surface area (Å²) in [6.07, 6.45) is 0. The Morgan fingerprint density at radius 3 is 2.37 bits per heavy atom. The van der Waals surface area contributed by atoms with Gasteiger partial charge in [0.05, 0.1) is 15.7 Å². The second-order valence-corrected chi connectivity index (χ2v) is 7.77. The van der Waals surface area contributed by atoms with Gasteiger partial charge in [-0.2, -0.15) is 0 Å². The van der Waals surface area contributed by atoms with Gasteiger partial charge < -0.3 is 5.32 Å². The van der Waals surface area contributed by atoms with Crippen LogP contribution in [0.2, 0.25) is 10.0 Å². The number of anilines is 1. The minimum absolute atomic E-state index is 0.0538. The minimum Gasteiger partial charge on any atom is -0.319 e. The maximum absolute atomic E-state index is 12.8. The largest absolute Gasteiger partial charge is 0.319 e. The number of hydrogen-bond acceptors (Lipinski definition) is 3. The molecule has 0 fully saturated rings. The van der Waals surface area contributed by atoms with E-state index in [4.69, 9.17) is 23.2 Å². The number of nitrogens with one attached hydrogen (secondary N) is 1. The van der Waals surface area contributed by atoms with E-state index in [1.54, 1.807) is 22.9 Å². The molecule has 0 aliphatic rings. The fourth-order valence-electron chi connectivity index (χ4n) is 3.00. The summed E-state index contributed by atoms with van der Waals surface area (Å²) in [6, 6.07) is 20.7. The molecule has 4 rings (SSSR count). The summed E-state index contributed by atoms with van der Waals surface area (Å²) in [5, 5.41) is 8.03. The lowest BCUT2D eigenvalue weighted by molar-refractivity contribution is 0.101. The molecule has 7 heteroatoms. The number of rotatable bonds is 4. The molecule has 0 saturated carbocycles. The van der Waals surface area contributed by atoms with Gasteiger partial charge in [-0.25, -0.2) is 9.67 Å². The first kappa shape index (κ1) is 20.1. The number of aryl methyl sites for hydroxylation is 2. The van der Waals surface area contributed by atoms with Gasteiger partial charge in [0.2, 0.25) is 5.82 Å². The van der Waals surface area contributed by atoms with E-state index in [0.29, 0.717) is 21.6 Å². The lowest BCUT2D eigenvalue weighted by Crippen LogP contribution is -2.14. The van der Waals surface area contributed by atoms with Crippen molar-refractivity contribution < 1.29 is 4.79 Å². The highest BCUT2D eigenvalue weighted by atomic mass is 35.5. The molecule has 1 heterocycles. The molecule has 0 aliphatic heterocycles. The van der Waals surface area contributed by atoms with E-state index in [-0.39, 0.29) is 5.82 Å². The summed E-state index contributed by atoms with van der Waals surface area (Å²) >= 11 is 12.0. The van der Waals surface area contributed by atoms with E-state index in [1.807, 2.05) is 62.4 Å². The normalized spacial score (nSPS) is 10.8. The molecule has 0 radical (unpaired) electrons. The Hall–Kier alpha value is -3.15. The van der Waals surface area contributed by atoms with Crippen LogP contribution in [0.3, 0.4) is 0 Å². The molecule has 4 aromatic rings. The Labute approximate surface area is 184 Å². The van der Waals surface area contributed by atoms with E-state index < -0.39 is 5.91 Å². The molecule has 0 saturated heterocycles. The van der Waals surface area contributed by atoms with Crippen molar-refractivity contribution >= 4 is 34.8 Å². The van der Waals surface area contributed by atoms with Crippen molar-refractivity contribution in [2.75, 3.05) is 5.32 Å². The minimum atomic E-state index is -0.437. The lowest BCUT2D eigenvalue weighted by Gasteiger charge is -2.07. The van der Waals surface area contributed by atoms with E-state index >= 15 is 0 Å². The van der Waals surface area contributed by atoms with Crippen molar-refractivity contribution in [3.8, 4) is 17.1 Å². The van der Waals surface area contributed by atoms with Gasteiger partial charge in [0.15, 0.2) is 5.82 Å². The number of halogens is 2. The number of amides is 1. The number of carbonyl (C=O) groups is 1. The van der Waals surface area contributed by atoms with Crippen molar-refractivity contribution in [2.45, 2.75) is 13.8 Å². The van der Waals surface area contributed by atoms with Crippen LogP contribution in [-0.4, -0.2) is 20.7 Å². The first-order chi connectivity index (χ1) is 14.4. The van der Waals surface area contributed by atoms with Crippen LogP contribution in [0.5, 0.6) is 0 Å². The van der Waals surface area contributed by atoms with E-state index in [9.17, 15) is 4.79 Å². The van der Waals surface area contributed by atoms with Gasteiger partial charge in [-0.3, -0.25) is 4.79 Å². The first-order valence-electron chi connectivity index (χ1n) is 9.28. The Kier molecular flexibility index (Phi) is 5.57. The maximum Gasteiger partial charge on any atom is 0.295 e. The Bertz CT molecular complexity index is 1230. The summed E-state index contributed by atoms with van der Waals surface area (Å²) < 4.78 is 1.68. The van der Waals surface area contributed by atoms with Crippen LogP contribution in [-0.2, 0) is 0 Å². The van der Waals surface area contributed by atoms with Gasteiger partial charge in [-0.05, 0) is 49.7 Å². The van der Waals surface area contributed by atoms with Gasteiger partial charge in [-0.1, -0.05) is 65.2 Å². The van der Waals surface area contributed by atoms with Crippen molar-refractivity contribution in [3.05, 3.63) is 93.7 Å². The third-order valence-electron chi connectivity index (χ3n) is 4.54. The van der Waals surface area contributed by atoms with Gasteiger partial charge >= 0.3 is 0 Å². The third kappa shape index (κ3) is 4.22. The number of carbonyl (C=O) groups excluding carboxylic acids is 1. The molecule has 150 valence electrons. The molecule has 1 aromatic heterocycles. The van der Waals surface area contributed by atoms with Crippen molar-refractivity contribution in [3.63, 3.8) is 0 Å². The molecule has 5 nitrogen and oxygen atoms in total. The van der Waals surface area contributed by atoms with E-state index in [1.165, 1.54) is 0 Å². The average Bonchev–Trinajstić information content (AvgIpc) is 3.17. The molecule has 30 heavy (non-hydrogen) atoms. The fraction of sp³-hybridized carbons (Fsp3) is 0.0870. The number of benzene rings is 3. The van der Waals surface area contributed by atoms with E-state index in [2.05, 4.69) is 15.4 Å². The highest BCUT2D eigenvalue weighted by molar-refractivity contribution is 6.42.